The summed E-state index contributed by atoms with van der Waals surface area (Å²) in [5.74, 6) is -2.74. The van der Waals surface area contributed by atoms with Gasteiger partial charge in [-0.1, -0.05) is 24.4 Å². The Bertz CT molecular complexity index is 298. The molecule has 7 heteroatoms. The number of hydrogen-bond donors (Lipinski definition) is 3. The molecule has 0 bridgehead atoms. The second-order valence-electron chi connectivity index (χ2n) is 5.12. The van der Waals surface area contributed by atoms with E-state index in [0.29, 0.717) is 0 Å². The monoisotopic (exact) mass is 267 g/mol. The summed E-state index contributed by atoms with van der Waals surface area (Å²) in [6.07, 6.45) is 0.365. The molecular weight excluding hydrogens is 247 g/mol. The number of alkyl halides is 3. The van der Waals surface area contributed by atoms with E-state index in [9.17, 15) is 13.2 Å². The van der Waals surface area contributed by atoms with Gasteiger partial charge in [0.25, 0.3) is 0 Å². The summed E-state index contributed by atoms with van der Waals surface area (Å²) >= 11 is 0. The molecule has 4 nitrogen and oxygen atoms in total. The number of nitrogens with one attached hydrogen (secondary N) is 1. The highest BCUT2D eigenvalue weighted by Gasteiger charge is 2.43. The first-order chi connectivity index (χ1) is 8.28. The largest absolute Gasteiger partial charge is 0.409 e. The van der Waals surface area contributed by atoms with Gasteiger partial charge in [-0.15, -0.1) is 0 Å². The molecule has 0 amide bonds. The fraction of sp³-hybridized carbons (Fsp3) is 0.909. The maximum absolute atomic E-state index is 12.7. The molecule has 1 unspecified atom stereocenters. The van der Waals surface area contributed by atoms with Gasteiger partial charge in [-0.2, -0.15) is 13.2 Å². The number of nitrogens with zero attached hydrogens (tertiary/aromatic N) is 1. The second kappa shape index (κ2) is 5.77. The number of nitrogens with two attached hydrogens (primary N) is 1. The molecule has 1 saturated carbocycles. The summed E-state index contributed by atoms with van der Waals surface area (Å²) < 4.78 is 38.2. The van der Waals surface area contributed by atoms with Crippen LogP contribution >= 0.6 is 0 Å². The summed E-state index contributed by atoms with van der Waals surface area (Å²) in [5.41, 5.74) is 4.82. The molecule has 4 N–H and O–H groups in total. The Morgan fingerprint density at radius 1 is 1.39 bits per heavy atom. The molecule has 1 fully saturated rings. The number of amidine groups is 1. The van der Waals surface area contributed by atoms with Crippen LogP contribution in [0.4, 0.5) is 13.2 Å². The van der Waals surface area contributed by atoms with Gasteiger partial charge in [-0.25, -0.2) is 0 Å². The molecule has 0 aliphatic heterocycles. The Morgan fingerprint density at radius 2 is 1.94 bits per heavy atom. The standard InChI is InChI=1S/C11H20F3N3O/c1-10(5-3-2-4-6-10)16-7-8(9(15)17-18)11(12,13)14/h8,16,18H,2-7H2,1H3,(H2,15,17). The minimum atomic E-state index is -4.51. The van der Waals surface area contributed by atoms with Crippen molar-refractivity contribution in [2.24, 2.45) is 16.8 Å². The molecule has 0 aromatic rings. The maximum Gasteiger partial charge on any atom is 0.400 e. The highest BCUT2D eigenvalue weighted by molar-refractivity contribution is 5.83. The Morgan fingerprint density at radius 3 is 2.39 bits per heavy atom. The third-order valence-corrected chi connectivity index (χ3v) is 3.56. The zero-order valence-corrected chi connectivity index (χ0v) is 10.4. The van der Waals surface area contributed by atoms with E-state index in [0.717, 1.165) is 32.1 Å². The van der Waals surface area contributed by atoms with Gasteiger partial charge < -0.3 is 16.3 Å². The van der Waals surface area contributed by atoms with Crippen LogP contribution in [0.1, 0.15) is 39.0 Å². The molecule has 0 radical (unpaired) electrons. The van der Waals surface area contributed by atoms with E-state index < -0.39 is 17.9 Å². The molecule has 106 valence electrons. The first kappa shape index (κ1) is 15.1. The molecule has 1 aliphatic carbocycles. The second-order valence-corrected chi connectivity index (χ2v) is 5.12. The Balaban J connectivity index is 2.62. The lowest BCUT2D eigenvalue weighted by molar-refractivity contribution is -0.155. The lowest BCUT2D eigenvalue weighted by Gasteiger charge is -2.36. The van der Waals surface area contributed by atoms with Crippen molar-refractivity contribution >= 4 is 5.84 Å². The Hall–Kier alpha value is -0.980. The smallest absolute Gasteiger partial charge is 0.400 e. The zero-order chi connectivity index (χ0) is 13.8. The van der Waals surface area contributed by atoms with E-state index >= 15 is 0 Å². The van der Waals surface area contributed by atoms with E-state index in [1.807, 2.05) is 6.92 Å². The average Bonchev–Trinajstić information content (AvgIpc) is 2.28. The van der Waals surface area contributed by atoms with Gasteiger partial charge in [0, 0.05) is 12.1 Å². The topological polar surface area (TPSA) is 70.6 Å². The fourth-order valence-corrected chi connectivity index (χ4v) is 2.32. The minimum Gasteiger partial charge on any atom is -0.409 e. The van der Waals surface area contributed by atoms with E-state index in [1.54, 1.807) is 0 Å². The minimum absolute atomic E-state index is 0.280. The van der Waals surface area contributed by atoms with Gasteiger partial charge in [-0.05, 0) is 19.8 Å². The molecule has 1 rings (SSSR count). The summed E-state index contributed by atoms with van der Waals surface area (Å²) in [6, 6.07) is 0. The molecule has 1 atom stereocenters. The number of rotatable bonds is 4. The van der Waals surface area contributed by atoms with Gasteiger partial charge in [0.1, 0.15) is 5.92 Å². The first-order valence-corrected chi connectivity index (χ1v) is 6.08. The van der Waals surface area contributed by atoms with Gasteiger partial charge in [-0.3, -0.25) is 0 Å². The number of halogens is 3. The van der Waals surface area contributed by atoms with Crippen molar-refractivity contribution in [3.8, 4) is 0 Å². The molecule has 0 aromatic carbocycles. The van der Waals surface area contributed by atoms with Crippen molar-refractivity contribution in [1.29, 1.82) is 0 Å². The SMILES string of the molecule is CC1(NCC(C(N)=NO)C(F)(F)F)CCCCC1. The third kappa shape index (κ3) is 4.04. The lowest BCUT2D eigenvalue weighted by atomic mass is 9.83. The fourth-order valence-electron chi connectivity index (χ4n) is 2.32. The van der Waals surface area contributed by atoms with Crippen molar-refractivity contribution in [3.63, 3.8) is 0 Å². The molecular formula is C11H20F3N3O. The van der Waals surface area contributed by atoms with Crippen LogP contribution in [0.2, 0.25) is 0 Å². The highest BCUT2D eigenvalue weighted by Crippen LogP contribution is 2.30. The van der Waals surface area contributed by atoms with Crippen molar-refractivity contribution in [2.45, 2.75) is 50.7 Å². The predicted octanol–water partition coefficient (Wildman–Crippen LogP) is 2.22. The highest BCUT2D eigenvalue weighted by atomic mass is 19.4. The lowest BCUT2D eigenvalue weighted by Crippen LogP contribution is -2.51. The molecule has 0 spiro atoms. The van der Waals surface area contributed by atoms with Gasteiger partial charge in [0.15, 0.2) is 5.84 Å². The van der Waals surface area contributed by atoms with Crippen LogP contribution in [0.15, 0.2) is 5.16 Å². The molecule has 18 heavy (non-hydrogen) atoms. The molecule has 0 heterocycles. The quantitative estimate of drug-likeness (QED) is 0.316. The van der Waals surface area contributed by atoms with E-state index in [-0.39, 0.29) is 12.1 Å². The van der Waals surface area contributed by atoms with Crippen molar-refractivity contribution < 1.29 is 18.4 Å². The van der Waals surface area contributed by atoms with Crippen molar-refractivity contribution in [2.75, 3.05) is 6.54 Å². The van der Waals surface area contributed by atoms with Crippen molar-refractivity contribution in [3.05, 3.63) is 0 Å². The summed E-state index contributed by atoms with van der Waals surface area (Å²) in [4.78, 5) is 0. The van der Waals surface area contributed by atoms with Crippen LogP contribution in [0.5, 0.6) is 0 Å². The summed E-state index contributed by atoms with van der Waals surface area (Å²) in [5, 5.41) is 13.8. The number of hydrogen-bond acceptors (Lipinski definition) is 3. The van der Waals surface area contributed by atoms with Crippen LogP contribution < -0.4 is 11.1 Å². The third-order valence-electron chi connectivity index (χ3n) is 3.56. The summed E-state index contributed by atoms with van der Waals surface area (Å²) in [7, 11) is 0. The Kier molecular flexibility index (Phi) is 4.84. The Labute approximate surface area is 104 Å². The molecule has 0 saturated heterocycles. The van der Waals surface area contributed by atoms with E-state index in [4.69, 9.17) is 10.9 Å². The zero-order valence-electron chi connectivity index (χ0n) is 10.4. The van der Waals surface area contributed by atoms with Crippen LogP contribution in [0.25, 0.3) is 0 Å². The van der Waals surface area contributed by atoms with Crippen LogP contribution in [0.3, 0.4) is 0 Å². The first-order valence-electron chi connectivity index (χ1n) is 6.08. The normalized spacial score (nSPS) is 22.8. The van der Waals surface area contributed by atoms with Crippen LogP contribution in [-0.2, 0) is 0 Å². The maximum atomic E-state index is 12.7. The van der Waals surface area contributed by atoms with E-state index in [2.05, 4.69) is 10.5 Å². The summed E-state index contributed by atoms with van der Waals surface area (Å²) in [6.45, 7) is 1.57. The van der Waals surface area contributed by atoms with Crippen LogP contribution in [-0.4, -0.2) is 29.3 Å². The average molecular weight is 267 g/mol. The van der Waals surface area contributed by atoms with Gasteiger partial charge >= 0.3 is 6.18 Å². The number of oxime groups is 1. The van der Waals surface area contributed by atoms with Crippen molar-refractivity contribution in [1.82, 2.24) is 5.32 Å². The van der Waals surface area contributed by atoms with Crippen LogP contribution in [0, 0.1) is 5.92 Å². The van der Waals surface area contributed by atoms with E-state index in [1.165, 1.54) is 0 Å². The van der Waals surface area contributed by atoms with Gasteiger partial charge in [0.05, 0.1) is 0 Å². The predicted molar refractivity (Wildman–Crippen MR) is 62.4 cm³/mol. The molecule has 1 aliphatic rings. The molecule has 0 aromatic heterocycles. The van der Waals surface area contributed by atoms with Gasteiger partial charge in [0.2, 0.25) is 0 Å².